The molecule has 0 atom stereocenters. The predicted octanol–water partition coefficient (Wildman–Crippen LogP) is 3.71. The number of nitrogens with one attached hydrogen (secondary N) is 1. The lowest BCUT2D eigenvalue weighted by Gasteiger charge is -2.37. The molecule has 0 aromatic heterocycles. The van der Waals surface area contributed by atoms with Crippen molar-refractivity contribution >= 4 is 15.9 Å². The van der Waals surface area contributed by atoms with Crippen molar-refractivity contribution < 1.29 is 4.74 Å². The zero-order valence-corrected chi connectivity index (χ0v) is 12.6. The van der Waals surface area contributed by atoms with Gasteiger partial charge in [0.05, 0.1) is 0 Å². The van der Waals surface area contributed by atoms with E-state index in [0.29, 0.717) is 6.04 Å². The smallest absolute Gasteiger partial charge is 0.0477 e. The van der Waals surface area contributed by atoms with Crippen LogP contribution in [0.4, 0.5) is 0 Å². The topological polar surface area (TPSA) is 21.3 Å². The fraction of sp³-hybridized carbons (Fsp3) is 0.600. The van der Waals surface area contributed by atoms with Gasteiger partial charge in [-0.3, -0.25) is 0 Å². The maximum absolute atomic E-state index is 5.33. The number of rotatable bonds is 7. The molecule has 1 aromatic rings. The van der Waals surface area contributed by atoms with Crippen LogP contribution in [0.1, 0.15) is 37.7 Å². The van der Waals surface area contributed by atoms with Crippen molar-refractivity contribution in [3.63, 3.8) is 0 Å². The average molecular weight is 312 g/mol. The third-order valence-corrected chi connectivity index (χ3v) is 4.31. The third-order valence-electron chi connectivity index (χ3n) is 3.59. The van der Waals surface area contributed by atoms with E-state index in [0.717, 1.165) is 32.1 Å². The fourth-order valence-corrected chi connectivity index (χ4v) is 3.08. The number of hydrogen-bond donors (Lipinski definition) is 1. The zero-order valence-electron chi connectivity index (χ0n) is 11.0. The van der Waals surface area contributed by atoms with Crippen LogP contribution in [0.3, 0.4) is 0 Å². The largest absolute Gasteiger partial charge is 0.382 e. The lowest BCUT2D eigenvalue weighted by Crippen LogP contribution is -2.40. The summed E-state index contributed by atoms with van der Waals surface area (Å²) in [5, 5.41) is 3.60. The Labute approximate surface area is 118 Å². The first-order valence-electron chi connectivity index (χ1n) is 6.86. The molecule has 2 rings (SSSR count). The fourth-order valence-electron chi connectivity index (χ4n) is 2.47. The molecule has 1 aliphatic carbocycles. The Balaban J connectivity index is 1.64. The normalized spacial score (nSPS) is 22.8. The summed E-state index contributed by atoms with van der Waals surface area (Å²) >= 11 is 3.64. The van der Waals surface area contributed by atoms with Crippen molar-refractivity contribution in [3.05, 3.63) is 34.3 Å². The Morgan fingerprint density at radius 2 is 2.11 bits per heavy atom. The molecule has 0 bridgehead atoms. The van der Waals surface area contributed by atoms with Crippen molar-refractivity contribution in [2.24, 2.45) is 0 Å². The second-order valence-corrected chi connectivity index (χ2v) is 5.75. The van der Waals surface area contributed by atoms with Crippen LogP contribution >= 0.6 is 15.9 Å². The van der Waals surface area contributed by atoms with Crippen LogP contribution in [0.15, 0.2) is 28.7 Å². The number of benzene rings is 1. The number of halogens is 1. The van der Waals surface area contributed by atoms with Crippen molar-refractivity contribution in [2.75, 3.05) is 19.8 Å². The van der Waals surface area contributed by atoms with Gasteiger partial charge in [-0.05, 0) is 50.3 Å². The summed E-state index contributed by atoms with van der Waals surface area (Å²) in [6, 6.07) is 9.28. The quantitative estimate of drug-likeness (QED) is 0.775. The van der Waals surface area contributed by atoms with Crippen molar-refractivity contribution in [3.8, 4) is 0 Å². The van der Waals surface area contributed by atoms with Gasteiger partial charge >= 0.3 is 0 Å². The standard InChI is InChI=1S/C15H22BrNO/c1-2-18-9-5-8-17-13-10-12(11-13)14-6-3-4-7-15(14)16/h3-4,6-7,12-13,17H,2,5,8-11H2,1H3. The first-order valence-corrected chi connectivity index (χ1v) is 7.66. The maximum atomic E-state index is 5.33. The Kier molecular flexibility index (Phi) is 5.67. The molecule has 1 fully saturated rings. The summed E-state index contributed by atoms with van der Waals surface area (Å²) in [6.45, 7) is 4.83. The molecule has 1 N–H and O–H groups in total. The lowest BCUT2D eigenvalue weighted by atomic mass is 9.76. The van der Waals surface area contributed by atoms with Gasteiger partial charge < -0.3 is 10.1 Å². The molecule has 0 heterocycles. The van der Waals surface area contributed by atoms with E-state index < -0.39 is 0 Å². The first-order chi connectivity index (χ1) is 8.81. The van der Waals surface area contributed by atoms with Crippen LogP contribution in [-0.2, 0) is 4.74 Å². The molecule has 18 heavy (non-hydrogen) atoms. The van der Waals surface area contributed by atoms with Gasteiger partial charge in [0.1, 0.15) is 0 Å². The van der Waals surface area contributed by atoms with Gasteiger partial charge in [-0.1, -0.05) is 34.1 Å². The van der Waals surface area contributed by atoms with Crippen LogP contribution in [0, 0.1) is 0 Å². The third kappa shape index (κ3) is 3.81. The second-order valence-electron chi connectivity index (χ2n) is 4.89. The molecule has 1 aliphatic rings. The van der Waals surface area contributed by atoms with E-state index in [2.05, 4.69) is 45.5 Å². The highest BCUT2D eigenvalue weighted by molar-refractivity contribution is 9.10. The lowest BCUT2D eigenvalue weighted by molar-refractivity contribution is 0.142. The molecule has 100 valence electrons. The molecule has 0 saturated heterocycles. The van der Waals surface area contributed by atoms with Gasteiger partial charge in [0.15, 0.2) is 0 Å². The molecule has 2 nitrogen and oxygen atoms in total. The van der Waals surface area contributed by atoms with Crippen LogP contribution in [0.2, 0.25) is 0 Å². The summed E-state index contributed by atoms with van der Waals surface area (Å²) < 4.78 is 6.58. The molecule has 0 radical (unpaired) electrons. The molecule has 0 amide bonds. The molecular weight excluding hydrogens is 290 g/mol. The minimum Gasteiger partial charge on any atom is -0.382 e. The first kappa shape index (κ1) is 14.0. The Hall–Kier alpha value is -0.380. The minimum absolute atomic E-state index is 0.698. The highest BCUT2D eigenvalue weighted by Gasteiger charge is 2.30. The molecule has 1 aromatic carbocycles. The summed E-state index contributed by atoms with van der Waals surface area (Å²) in [7, 11) is 0. The summed E-state index contributed by atoms with van der Waals surface area (Å²) in [5.74, 6) is 0.727. The Bertz CT molecular complexity index is 363. The molecular formula is C15H22BrNO. The van der Waals surface area contributed by atoms with E-state index >= 15 is 0 Å². The molecule has 0 aliphatic heterocycles. The van der Waals surface area contributed by atoms with E-state index in [9.17, 15) is 0 Å². The second kappa shape index (κ2) is 7.27. The molecule has 3 heteroatoms. The van der Waals surface area contributed by atoms with Gasteiger partial charge in [-0.2, -0.15) is 0 Å². The van der Waals surface area contributed by atoms with Crippen LogP contribution in [-0.4, -0.2) is 25.8 Å². The van der Waals surface area contributed by atoms with Crippen LogP contribution in [0.5, 0.6) is 0 Å². The summed E-state index contributed by atoms with van der Waals surface area (Å²) in [5.41, 5.74) is 1.46. The van der Waals surface area contributed by atoms with E-state index in [1.165, 1.54) is 22.9 Å². The zero-order chi connectivity index (χ0) is 12.8. The molecule has 0 spiro atoms. The van der Waals surface area contributed by atoms with E-state index in [-0.39, 0.29) is 0 Å². The Morgan fingerprint density at radius 1 is 1.33 bits per heavy atom. The molecule has 0 unspecified atom stereocenters. The van der Waals surface area contributed by atoms with Crippen molar-refractivity contribution in [1.29, 1.82) is 0 Å². The van der Waals surface area contributed by atoms with Gasteiger partial charge in [0.25, 0.3) is 0 Å². The van der Waals surface area contributed by atoms with Gasteiger partial charge in [0.2, 0.25) is 0 Å². The van der Waals surface area contributed by atoms with Crippen LogP contribution in [0.25, 0.3) is 0 Å². The molecule has 1 saturated carbocycles. The number of hydrogen-bond acceptors (Lipinski definition) is 2. The SMILES string of the molecule is CCOCCCNC1CC(c2ccccc2Br)C1. The minimum atomic E-state index is 0.698. The summed E-state index contributed by atoms with van der Waals surface area (Å²) in [6.07, 6.45) is 3.64. The van der Waals surface area contributed by atoms with Crippen LogP contribution < -0.4 is 5.32 Å². The van der Waals surface area contributed by atoms with E-state index in [1.807, 2.05) is 6.92 Å². The van der Waals surface area contributed by atoms with Crippen molar-refractivity contribution in [2.45, 2.75) is 38.1 Å². The van der Waals surface area contributed by atoms with E-state index in [1.54, 1.807) is 0 Å². The average Bonchev–Trinajstić information content (AvgIpc) is 2.33. The monoisotopic (exact) mass is 311 g/mol. The number of ether oxygens (including phenoxy) is 1. The van der Waals surface area contributed by atoms with Gasteiger partial charge in [-0.15, -0.1) is 0 Å². The van der Waals surface area contributed by atoms with E-state index in [4.69, 9.17) is 4.74 Å². The van der Waals surface area contributed by atoms with Crippen molar-refractivity contribution in [1.82, 2.24) is 5.32 Å². The highest BCUT2D eigenvalue weighted by atomic mass is 79.9. The maximum Gasteiger partial charge on any atom is 0.0477 e. The highest BCUT2D eigenvalue weighted by Crippen LogP contribution is 2.39. The Morgan fingerprint density at radius 3 is 2.83 bits per heavy atom. The predicted molar refractivity (Wildman–Crippen MR) is 79.0 cm³/mol. The van der Waals surface area contributed by atoms with Gasteiger partial charge in [-0.25, -0.2) is 0 Å². The van der Waals surface area contributed by atoms with Gasteiger partial charge in [0, 0.05) is 23.7 Å². The summed E-state index contributed by atoms with van der Waals surface area (Å²) in [4.78, 5) is 0.